The standard InChI is InChI=1S/C20H28O5S/c1-15-6-8-17(9-7-15)26(21,22)25-18-5-3-4-16-14-20(23-12-13-24-20)11-10-19(16,18)2/h6-9,16,18H,3-5,10-14H2,1-2H3/t16-,18+,19+/m1/s1. The van der Waals surface area contributed by atoms with Gasteiger partial charge in [0.05, 0.1) is 24.2 Å². The van der Waals surface area contributed by atoms with E-state index < -0.39 is 15.9 Å². The van der Waals surface area contributed by atoms with Crippen LogP contribution in [-0.2, 0) is 23.8 Å². The lowest BCUT2D eigenvalue weighted by Crippen LogP contribution is -2.53. The Bertz CT molecular complexity index is 751. The Labute approximate surface area is 156 Å². The molecule has 4 rings (SSSR count). The summed E-state index contributed by atoms with van der Waals surface area (Å²) < 4.78 is 43.3. The van der Waals surface area contributed by atoms with Crippen LogP contribution in [0.2, 0.25) is 0 Å². The van der Waals surface area contributed by atoms with Crippen LogP contribution in [0.15, 0.2) is 29.2 Å². The Balaban J connectivity index is 1.54. The molecule has 3 atom stereocenters. The first-order valence-corrected chi connectivity index (χ1v) is 11.0. The van der Waals surface area contributed by atoms with Crippen molar-refractivity contribution in [3.05, 3.63) is 29.8 Å². The molecule has 5 nitrogen and oxygen atoms in total. The van der Waals surface area contributed by atoms with Crippen LogP contribution < -0.4 is 0 Å². The second kappa shape index (κ2) is 6.59. The largest absolute Gasteiger partial charge is 0.348 e. The molecule has 2 saturated carbocycles. The first kappa shape index (κ1) is 18.4. The molecule has 0 radical (unpaired) electrons. The Hall–Kier alpha value is -0.950. The predicted molar refractivity (Wildman–Crippen MR) is 97.2 cm³/mol. The van der Waals surface area contributed by atoms with Crippen molar-refractivity contribution in [3.8, 4) is 0 Å². The fourth-order valence-electron chi connectivity index (χ4n) is 4.94. The highest BCUT2D eigenvalue weighted by molar-refractivity contribution is 7.86. The van der Waals surface area contributed by atoms with E-state index in [0.29, 0.717) is 19.1 Å². The lowest BCUT2D eigenvalue weighted by molar-refractivity contribution is -0.221. The van der Waals surface area contributed by atoms with Crippen LogP contribution in [0.25, 0.3) is 0 Å². The average Bonchev–Trinajstić information content (AvgIpc) is 3.05. The van der Waals surface area contributed by atoms with Crippen molar-refractivity contribution in [1.29, 1.82) is 0 Å². The summed E-state index contributed by atoms with van der Waals surface area (Å²) in [5.41, 5.74) is 0.874. The lowest BCUT2D eigenvalue weighted by Gasteiger charge is -2.53. The number of benzene rings is 1. The third-order valence-corrected chi connectivity index (χ3v) is 7.99. The van der Waals surface area contributed by atoms with Crippen LogP contribution in [0.4, 0.5) is 0 Å². The topological polar surface area (TPSA) is 61.8 Å². The second-order valence-electron chi connectivity index (χ2n) is 8.30. The fourth-order valence-corrected chi connectivity index (χ4v) is 6.14. The number of ether oxygens (including phenoxy) is 2. The molecule has 0 amide bonds. The SMILES string of the molecule is Cc1ccc(S(=O)(=O)O[C@H]2CCC[C@@H]3CC4(CC[C@@]32C)OCCO4)cc1. The minimum absolute atomic E-state index is 0.156. The highest BCUT2D eigenvalue weighted by atomic mass is 32.2. The van der Waals surface area contributed by atoms with Crippen LogP contribution in [0, 0.1) is 18.3 Å². The van der Waals surface area contributed by atoms with Crippen LogP contribution in [0.1, 0.15) is 51.0 Å². The van der Waals surface area contributed by atoms with E-state index in [0.717, 1.165) is 44.1 Å². The molecule has 144 valence electrons. The summed E-state index contributed by atoms with van der Waals surface area (Å²) in [5.74, 6) is -0.0802. The molecule has 1 aromatic carbocycles. The Morgan fingerprint density at radius 2 is 1.77 bits per heavy atom. The van der Waals surface area contributed by atoms with Crippen molar-refractivity contribution in [2.24, 2.45) is 11.3 Å². The Kier molecular flexibility index (Phi) is 4.66. The zero-order valence-corrected chi connectivity index (χ0v) is 16.4. The monoisotopic (exact) mass is 380 g/mol. The summed E-state index contributed by atoms with van der Waals surface area (Å²) in [5, 5.41) is 0. The van der Waals surface area contributed by atoms with Crippen LogP contribution in [-0.4, -0.2) is 33.5 Å². The maximum Gasteiger partial charge on any atom is 0.297 e. The van der Waals surface area contributed by atoms with Crippen molar-refractivity contribution in [2.75, 3.05) is 13.2 Å². The Morgan fingerprint density at radius 3 is 2.46 bits per heavy atom. The zero-order valence-electron chi connectivity index (χ0n) is 15.6. The van der Waals surface area contributed by atoms with Crippen molar-refractivity contribution in [1.82, 2.24) is 0 Å². The van der Waals surface area contributed by atoms with Gasteiger partial charge in [-0.05, 0) is 49.7 Å². The molecule has 1 spiro atoms. The van der Waals surface area contributed by atoms with Crippen molar-refractivity contribution in [2.45, 2.75) is 69.2 Å². The summed E-state index contributed by atoms with van der Waals surface area (Å²) in [6.07, 6.45) is 5.07. The molecule has 0 unspecified atom stereocenters. The molecule has 1 heterocycles. The number of rotatable bonds is 3. The van der Waals surface area contributed by atoms with Gasteiger partial charge in [0.2, 0.25) is 0 Å². The molecule has 3 aliphatic rings. The van der Waals surface area contributed by atoms with Crippen molar-refractivity contribution >= 4 is 10.1 Å². The smallest absolute Gasteiger partial charge is 0.297 e. The molecule has 1 aromatic rings. The maximum absolute atomic E-state index is 12.8. The first-order chi connectivity index (χ1) is 12.3. The predicted octanol–water partition coefficient (Wildman–Crippen LogP) is 3.80. The summed E-state index contributed by atoms with van der Waals surface area (Å²) in [6, 6.07) is 6.87. The van der Waals surface area contributed by atoms with Crippen molar-refractivity contribution < 1.29 is 22.1 Å². The number of fused-ring (bicyclic) bond motifs is 1. The van der Waals surface area contributed by atoms with E-state index >= 15 is 0 Å². The Morgan fingerprint density at radius 1 is 1.08 bits per heavy atom. The number of hydrogen-bond acceptors (Lipinski definition) is 5. The summed E-state index contributed by atoms with van der Waals surface area (Å²) in [4.78, 5) is 0.239. The molecule has 3 fully saturated rings. The van der Waals surface area contributed by atoms with Gasteiger partial charge in [-0.2, -0.15) is 8.42 Å². The van der Waals surface area contributed by atoms with Gasteiger partial charge < -0.3 is 9.47 Å². The molecule has 0 aromatic heterocycles. The third kappa shape index (κ3) is 3.21. The van der Waals surface area contributed by atoms with Gasteiger partial charge in [-0.3, -0.25) is 4.18 Å². The summed E-state index contributed by atoms with van der Waals surface area (Å²) in [7, 11) is -3.76. The van der Waals surface area contributed by atoms with Gasteiger partial charge in [-0.25, -0.2) is 0 Å². The molecule has 26 heavy (non-hydrogen) atoms. The van der Waals surface area contributed by atoms with Gasteiger partial charge in [0.25, 0.3) is 10.1 Å². The molecule has 0 N–H and O–H groups in total. The van der Waals surface area contributed by atoms with Crippen LogP contribution in [0.5, 0.6) is 0 Å². The molecular weight excluding hydrogens is 352 g/mol. The highest BCUT2D eigenvalue weighted by Gasteiger charge is 2.55. The quantitative estimate of drug-likeness (QED) is 0.747. The minimum atomic E-state index is -3.76. The lowest BCUT2D eigenvalue weighted by atomic mass is 9.58. The summed E-state index contributed by atoms with van der Waals surface area (Å²) in [6.45, 7) is 5.44. The van der Waals surface area contributed by atoms with Gasteiger partial charge in [0, 0.05) is 12.8 Å². The van der Waals surface area contributed by atoms with Gasteiger partial charge in [-0.15, -0.1) is 0 Å². The average molecular weight is 381 g/mol. The molecule has 1 aliphatic heterocycles. The van der Waals surface area contributed by atoms with E-state index in [4.69, 9.17) is 13.7 Å². The number of hydrogen-bond donors (Lipinski definition) is 0. The van der Waals surface area contributed by atoms with Gasteiger partial charge in [-0.1, -0.05) is 31.0 Å². The van der Waals surface area contributed by atoms with Gasteiger partial charge in [0.15, 0.2) is 5.79 Å². The minimum Gasteiger partial charge on any atom is -0.348 e. The zero-order chi connectivity index (χ0) is 18.4. The maximum atomic E-state index is 12.8. The molecular formula is C20H28O5S. The third-order valence-electron chi connectivity index (χ3n) is 6.66. The van der Waals surface area contributed by atoms with Gasteiger partial charge >= 0.3 is 0 Å². The van der Waals surface area contributed by atoms with E-state index in [1.165, 1.54) is 0 Å². The van der Waals surface area contributed by atoms with E-state index in [2.05, 4.69) is 6.92 Å². The second-order valence-corrected chi connectivity index (χ2v) is 9.87. The first-order valence-electron chi connectivity index (χ1n) is 9.61. The highest BCUT2D eigenvalue weighted by Crippen LogP contribution is 2.55. The molecule has 1 saturated heterocycles. The normalized spacial score (nSPS) is 33.9. The van der Waals surface area contributed by atoms with E-state index in [-0.39, 0.29) is 16.4 Å². The molecule has 6 heteroatoms. The van der Waals surface area contributed by atoms with E-state index in [1.807, 2.05) is 6.92 Å². The van der Waals surface area contributed by atoms with Crippen LogP contribution >= 0.6 is 0 Å². The van der Waals surface area contributed by atoms with Crippen molar-refractivity contribution in [3.63, 3.8) is 0 Å². The summed E-state index contributed by atoms with van der Waals surface area (Å²) >= 11 is 0. The molecule has 2 aliphatic carbocycles. The molecule has 0 bridgehead atoms. The fraction of sp³-hybridized carbons (Fsp3) is 0.700. The van der Waals surface area contributed by atoms with E-state index in [9.17, 15) is 8.42 Å². The van der Waals surface area contributed by atoms with Gasteiger partial charge in [0.1, 0.15) is 0 Å². The van der Waals surface area contributed by atoms with E-state index in [1.54, 1.807) is 24.3 Å². The number of aryl methyl sites for hydroxylation is 1. The van der Waals surface area contributed by atoms with Crippen LogP contribution in [0.3, 0.4) is 0 Å².